The average Bonchev–Trinajstić information content (AvgIpc) is 3.14. The highest BCUT2D eigenvalue weighted by Crippen LogP contribution is 2.23. The predicted molar refractivity (Wildman–Crippen MR) is 123 cm³/mol. The van der Waals surface area contributed by atoms with Crippen LogP contribution < -0.4 is 5.32 Å². The Labute approximate surface area is 197 Å². The molecule has 0 spiro atoms. The van der Waals surface area contributed by atoms with Crippen molar-refractivity contribution in [1.29, 1.82) is 0 Å². The smallest absolute Gasteiger partial charge is 0.338 e. The van der Waals surface area contributed by atoms with E-state index in [9.17, 15) is 19.2 Å². The van der Waals surface area contributed by atoms with Gasteiger partial charge in [-0.05, 0) is 38.1 Å². The van der Waals surface area contributed by atoms with Gasteiger partial charge in [0, 0.05) is 17.8 Å². The monoisotopic (exact) mass is 466 g/mol. The van der Waals surface area contributed by atoms with Crippen LogP contribution in [0.3, 0.4) is 0 Å². The van der Waals surface area contributed by atoms with E-state index in [0.29, 0.717) is 11.3 Å². The lowest BCUT2D eigenvalue weighted by atomic mass is 10.1. The Balaban J connectivity index is 1.68. The van der Waals surface area contributed by atoms with Crippen LogP contribution in [0.25, 0.3) is 0 Å². The molecule has 2 aromatic rings. The maximum Gasteiger partial charge on any atom is 0.338 e. The topological polar surface area (TPSA) is 122 Å². The van der Waals surface area contributed by atoms with E-state index in [1.54, 1.807) is 24.3 Å². The lowest BCUT2D eigenvalue weighted by molar-refractivity contribution is -0.136. The van der Waals surface area contributed by atoms with E-state index < -0.39 is 23.9 Å². The minimum atomic E-state index is -0.964. The van der Waals surface area contributed by atoms with Crippen LogP contribution in [-0.4, -0.2) is 66.5 Å². The van der Waals surface area contributed by atoms with E-state index in [2.05, 4.69) is 5.32 Å². The van der Waals surface area contributed by atoms with Crippen molar-refractivity contribution < 1.29 is 33.8 Å². The third-order valence-electron chi connectivity index (χ3n) is 5.33. The van der Waals surface area contributed by atoms with E-state index >= 15 is 0 Å². The van der Waals surface area contributed by atoms with Crippen molar-refractivity contribution in [2.24, 2.45) is 0 Å². The molecule has 0 fully saturated rings. The van der Waals surface area contributed by atoms with Gasteiger partial charge in [-0.25, -0.2) is 9.59 Å². The molecule has 9 heteroatoms. The number of methoxy groups -OCH3 is 1. The van der Waals surface area contributed by atoms with Crippen molar-refractivity contribution in [3.05, 3.63) is 76.5 Å². The summed E-state index contributed by atoms with van der Waals surface area (Å²) in [5.41, 5.74) is 2.34. The largest absolute Gasteiger partial charge is 0.466 e. The van der Waals surface area contributed by atoms with Gasteiger partial charge in [0.2, 0.25) is 5.78 Å². The van der Waals surface area contributed by atoms with Gasteiger partial charge in [0.05, 0.1) is 31.4 Å². The minimum Gasteiger partial charge on any atom is -0.466 e. The molecule has 34 heavy (non-hydrogen) atoms. The number of aryl methyl sites for hydroxylation is 1. The van der Waals surface area contributed by atoms with E-state index in [-0.39, 0.29) is 42.3 Å². The fourth-order valence-electron chi connectivity index (χ4n) is 3.42. The van der Waals surface area contributed by atoms with Crippen molar-refractivity contribution in [2.75, 3.05) is 32.1 Å². The highest BCUT2D eigenvalue weighted by Gasteiger charge is 2.34. The normalized spacial score (nSPS) is 14.1. The van der Waals surface area contributed by atoms with Gasteiger partial charge in [-0.2, -0.15) is 0 Å². The number of anilines is 1. The van der Waals surface area contributed by atoms with Crippen molar-refractivity contribution >= 4 is 29.3 Å². The van der Waals surface area contributed by atoms with Crippen LogP contribution >= 0.6 is 0 Å². The Bertz CT molecular complexity index is 1120. The number of benzene rings is 2. The molecule has 0 aliphatic carbocycles. The number of carbonyl (C=O) groups is 4. The number of nitrogens with one attached hydrogen (secondary N) is 1. The molecular weight excluding hydrogens is 440 g/mol. The molecule has 1 atom stereocenters. The highest BCUT2D eigenvalue weighted by atomic mass is 16.5. The van der Waals surface area contributed by atoms with Crippen LogP contribution in [0.2, 0.25) is 0 Å². The molecule has 1 unspecified atom stereocenters. The summed E-state index contributed by atoms with van der Waals surface area (Å²) in [7, 11) is 1.22. The molecule has 2 aromatic carbocycles. The fourth-order valence-corrected chi connectivity index (χ4v) is 3.42. The number of aliphatic hydroxyl groups excluding tert-OH is 1. The predicted octanol–water partition coefficient (Wildman–Crippen LogP) is 2.10. The number of ether oxygens (including phenoxy) is 2. The fraction of sp³-hybridized carbons (Fsp3) is 0.280. The van der Waals surface area contributed by atoms with E-state index in [0.717, 1.165) is 5.56 Å². The minimum absolute atomic E-state index is 0.0196. The number of Topliss-reactive ketones (excluding diaryl/α,β-unsaturated/α-hetero) is 1. The maximum atomic E-state index is 12.6. The summed E-state index contributed by atoms with van der Waals surface area (Å²) in [4.78, 5) is 51.0. The Morgan fingerprint density at radius 1 is 1.03 bits per heavy atom. The van der Waals surface area contributed by atoms with Gasteiger partial charge in [-0.3, -0.25) is 9.59 Å². The number of rotatable bonds is 9. The second-order valence-electron chi connectivity index (χ2n) is 7.78. The molecule has 1 amide bonds. The zero-order chi connectivity index (χ0) is 24.8. The molecule has 0 saturated carbocycles. The van der Waals surface area contributed by atoms with Gasteiger partial charge in [-0.15, -0.1) is 0 Å². The number of esters is 2. The molecule has 1 aliphatic rings. The number of ketones is 1. The second-order valence-corrected chi connectivity index (χ2v) is 7.78. The van der Waals surface area contributed by atoms with Crippen LogP contribution in [0.4, 0.5) is 5.69 Å². The van der Waals surface area contributed by atoms with Crippen LogP contribution in [0.1, 0.15) is 33.2 Å². The second kappa shape index (κ2) is 10.8. The van der Waals surface area contributed by atoms with Crippen LogP contribution in [0.5, 0.6) is 0 Å². The quantitative estimate of drug-likeness (QED) is 0.426. The highest BCUT2D eigenvalue weighted by molar-refractivity contribution is 6.08. The molecule has 3 rings (SSSR count). The zero-order valence-corrected chi connectivity index (χ0v) is 19.2. The average molecular weight is 466 g/mol. The van der Waals surface area contributed by atoms with E-state index in [1.807, 2.05) is 19.1 Å². The number of aliphatic hydroxyl groups is 1. The third kappa shape index (κ3) is 5.49. The summed E-state index contributed by atoms with van der Waals surface area (Å²) in [6.45, 7) is 3.28. The molecule has 9 nitrogen and oxygen atoms in total. The van der Waals surface area contributed by atoms with Gasteiger partial charge in [-0.1, -0.05) is 29.8 Å². The summed E-state index contributed by atoms with van der Waals surface area (Å²) in [5.74, 6) is -2.06. The van der Waals surface area contributed by atoms with E-state index in [4.69, 9.17) is 14.6 Å². The Morgan fingerprint density at radius 2 is 1.65 bits per heavy atom. The maximum absolute atomic E-state index is 12.6. The molecule has 1 heterocycles. The number of β-amino-alcohol motifs (C(OH)–C–C–N with tert-alkyl or cyclic N) is 1. The summed E-state index contributed by atoms with van der Waals surface area (Å²) in [6.07, 6.45) is -0.964. The van der Waals surface area contributed by atoms with E-state index in [1.165, 1.54) is 31.1 Å². The molecular formula is C25H26N2O7. The molecule has 2 N–H and O–H groups in total. The van der Waals surface area contributed by atoms with Gasteiger partial charge < -0.3 is 24.8 Å². The number of carbonyl (C=O) groups excluding carboxylic acids is 4. The van der Waals surface area contributed by atoms with Gasteiger partial charge >= 0.3 is 11.9 Å². The van der Waals surface area contributed by atoms with Crippen molar-refractivity contribution in [3.63, 3.8) is 0 Å². The first kappa shape index (κ1) is 24.7. The standard InChI is InChI=1S/C25H26N2O7/c1-15-4-6-17(7-5-15)22(29)16(2)34-24(31)18-8-10-19(11-9-18)26-21-20(25(32)33-3)14-27(12-13-28)23(21)30/h4-11,16,26,28H,12-14H2,1-3H3. The summed E-state index contributed by atoms with van der Waals surface area (Å²) in [6, 6.07) is 13.1. The lowest BCUT2D eigenvalue weighted by Crippen LogP contribution is -2.31. The molecule has 1 aliphatic heterocycles. The van der Waals surface area contributed by atoms with Gasteiger partial charge in [0.25, 0.3) is 5.91 Å². The van der Waals surface area contributed by atoms with Crippen LogP contribution in [0.15, 0.2) is 59.8 Å². The number of nitrogens with zero attached hydrogens (tertiary/aromatic N) is 1. The number of hydrogen-bond acceptors (Lipinski definition) is 8. The van der Waals surface area contributed by atoms with Crippen LogP contribution in [-0.2, 0) is 19.1 Å². The SMILES string of the molecule is COC(=O)C1=C(Nc2ccc(C(=O)OC(C)C(=O)c3ccc(C)cc3)cc2)C(=O)N(CCO)C1. The summed E-state index contributed by atoms with van der Waals surface area (Å²) in [5, 5.41) is 12.0. The first-order chi connectivity index (χ1) is 16.2. The van der Waals surface area contributed by atoms with Gasteiger partial charge in [0.1, 0.15) is 5.70 Å². The third-order valence-corrected chi connectivity index (χ3v) is 5.33. The molecule has 0 aromatic heterocycles. The molecule has 0 radical (unpaired) electrons. The van der Waals surface area contributed by atoms with Gasteiger partial charge in [0.15, 0.2) is 6.10 Å². The lowest BCUT2D eigenvalue weighted by Gasteiger charge is -2.15. The first-order valence-corrected chi connectivity index (χ1v) is 10.7. The number of amides is 1. The Morgan fingerprint density at radius 3 is 2.24 bits per heavy atom. The first-order valence-electron chi connectivity index (χ1n) is 10.7. The molecule has 0 bridgehead atoms. The molecule has 0 saturated heterocycles. The van der Waals surface area contributed by atoms with Crippen molar-refractivity contribution in [1.82, 2.24) is 4.90 Å². The summed E-state index contributed by atoms with van der Waals surface area (Å²) < 4.78 is 10.1. The Kier molecular flexibility index (Phi) is 7.80. The zero-order valence-electron chi connectivity index (χ0n) is 19.2. The number of hydrogen-bond donors (Lipinski definition) is 2. The Hall–Kier alpha value is -3.98. The van der Waals surface area contributed by atoms with Crippen LogP contribution in [0, 0.1) is 6.92 Å². The van der Waals surface area contributed by atoms with Crippen molar-refractivity contribution in [3.8, 4) is 0 Å². The molecule has 178 valence electrons. The summed E-state index contributed by atoms with van der Waals surface area (Å²) >= 11 is 0. The van der Waals surface area contributed by atoms with Crippen molar-refractivity contribution in [2.45, 2.75) is 20.0 Å².